The van der Waals surface area contributed by atoms with Gasteiger partial charge >= 0.3 is 0 Å². The van der Waals surface area contributed by atoms with Gasteiger partial charge in [-0.1, -0.05) is 5.92 Å². The highest BCUT2D eigenvalue weighted by Gasteiger charge is 2.18. The van der Waals surface area contributed by atoms with E-state index in [1.165, 1.54) is 37.7 Å². The number of nitrogens with zero attached hydrogens (tertiary/aromatic N) is 3. The molecule has 2 N–H and O–H groups in total. The van der Waals surface area contributed by atoms with Crippen LogP contribution >= 0.6 is 0 Å². The lowest BCUT2D eigenvalue weighted by molar-refractivity contribution is -0.126. The molecular weight excluding hydrogens is 433 g/mol. The number of ether oxygens (including phenoxy) is 1. The number of benzene rings is 2. The van der Waals surface area contributed by atoms with E-state index in [4.69, 9.17) is 11.2 Å². The van der Waals surface area contributed by atoms with Crippen molar-refractivity contribution in [3.8, 4) is 18.1 Å². The number of hydrogen-bond acceptors (Lipinski definition) is 7. The minimum absolute atomic E-state index is 0.0624. The largest absolute Gasteiger partial charge is 0.789 e. The first kappa shape index (κ1) is 23.1. The summed E-state index contributed by atoms with van der Waals surface area (Å²) < 4.78 is 35.1. The summed E-state index contributed by atoms with van der Waals surface area (Å²) in [5, 5.41) is 6.37. The molecular formula is C22H21FN5O3S-. The number of terminal acetylenes is 1. The van der Waals surface area contributed by atoms with Crippen LogP contribution in [0.2, 0.25) is 0 Å². The number of anilines is 2. The zero-order valence-corrected chi connectivity index (χ0v) is 18.5. The Balaban J connectivity index is 1.96. The average molecular weight is 455 g/mol. The Morgan fingerprint density at radius 1 is 1.38 bits per heavy atom. The molecule has 166 valence electrons. The van der Waals surface area contributed by atoms with Gasteiger partial charge in [0.05, 0.1) is 23.4 Å². The highest BCUT2D eigenvalue weighted by Crippen LogP contribution is 2.34. The van der Waals surface area contributed by atoms with Crippen molar-refractivity contribution >= 4 is 45.0 Å². The lowest BCUT2D eigenvalue weighted by Crippen LogP contribution is -2.36. The third-order valence-electron chi connectivity index (χ3n) is 4.39. The van der Waals surface area contributed by atoms with E-state index < -0.39 is 28.8 Å². The maximum Gasteiger partial charge on any atom is 0.261 e. The van der Waals surface area contributed by atoms with Gasteiger partial charge in [-0.25, -0.2) is 18.7 Å². The predicted molar refractivity (Wildman–Crippen MR) is 122 cm³/mol. The predicted octanol–water partition coefficient (Wildman–Crippen LogP) is 3.53. The van der Waals surface area contributed by atoms with Crippen LogP contribution in [0.3, 0.4) is 0 Å². The van der Waals surface area contributed by atoms with Gasteiger partial charge in [-0.2, -0.15) is 11.0 Å². The Morgan fingerprint density at radius 2 is 2.16 bits per heavy atom. The van der Waals surface area contributed by atoms with Crippen molar-refractivity contribution in [1.82, 2.24) is 15.3 Å². The van der Waals surface area contributed by atoms with Crippen LogP contribution in [-0.4, -0.2) is 39.3 Å². The number of carbonyl (C=O) groups excluding carboxylic acids is 1. The monoisotopic (exact) mass is 454 g/mol. The van der Waals surface area contributed by atoms with Crippen molar-refractivity contribution in [2.24, 2.45) is 4.36 Å². The van der Waals surface area contributed by atoms with Gasteiger partial charge in [0.15, 0.2) is 6.10 Å². The van der Waals surface area contributed by atoms with Crippen molar-refractivity contribution in [3.05, 3.63) is 48.0 Å². The standard InChI is InChI=1S/C22H22FN5O3S/c1-5-8-24-22(29)14(3)31-19-10-15(23)6-7-17(19)27-21-20-13(2)9-16(28-32(4)30)11-18(20)25-12-26-21/h1,6-7,9-12,14H,8H2,2-4H3,(H3,24,25,26,27,28,29,30)/p-1/t14-,32?/m1/s1. The molecule has 0 spiro atoms. The molecule has 0 fully saturated rings. The van der Waals surface area contributed by atoms with Crippen molar-refractivity contribution < 1.29 is 18.5 Å². The number of aryl methyl sites for hydroxylation is 1. The summed E-state index contributed by atoms with van der Waals surface area (Å²) in [4.78, 5) is 20.7. The molecule has 0 radical (unpaired) electrons. The molecule has 3 aromatic rings. The van der Waals surface area contributed by atoms with Crippen LogP contribution in [-0.2, 0) is 15.8 Å². The number of halogens is 1. The summed E-state index contributed by atoms with van der Waals surface area (Å²) in [6, 6.07) is 7.41. The topological polar surface area (TPSA) is 112 Å². The molecule has 1 amide bonds. The zero-order valence-electron chi connectivity index (χ0n) is 17.7. The first-order valence-electron chi connectivity index (χ1n) is 9.53. The van der Waals surface area contributed by atoms with Gasteiger partial charge in [-0.3, -0.25) is 4.79 Å². The normalized spacial score (nSPS) is 12.8. The van der Waals surface area contributed by atoms with E-state index in [1.54, 1.807) is 12.1 Å². The lowest BCUT2D eigenvalue weighted by Gasteiger charge is -2.18. The Hall–Kier alpha value is -3.55. The Morgan fingerprint density at radius 3 is 2.88 bits per heavy atom. The number of hydrogen-bond donors (Lipinski definition) is 2. The van der Waals surface area contributed by atoms with Crippen LogP contribution in [0.25, 0.3) is 10.9 Å². The third kappa shape index (κ3) is 5.57. The quantitative estimate of drug-likeness (QED) is 0.528. The fraction of sp³-hybridized carbons (Fsp3) is 0.227. The molecule has 0 saturated heterocycles. The molecule has 3 rings (SSSR count). The van der Waals surface area contributed by atoms with E-state index in [0.29, 0.717) is 28.1 Å². The molecule has 0 aliphatic carbocycles. The number of nitrogens with one attached hydrogen (secondary N) is 2. The number of rotatable bonds is 7. The van der Waals surface area contributed by atoms with Crippen molar-refractivity contribution in [2.45, 2.75) is 20.0 Å². The van der Waals surface area contributed by atoms with E-state index in [2.05, 4.69) is 30.9 Å². The van der Waals surface area contributed by atoms with Gasteiger partial charge < -0.3 is 19.9 Å². The van der Waals surface area contributed by atoms with Gasteiger partial charge in [-0.15, -0.1) is 6.42 Å². The summed E-state index contributed by atoms with van der Waals surface area (Å²) >= 11 is 0. The Kier molecular flexibility index (Phi) is 7.35. The summed E-state index contributed by atoms with van der Waals surface area (Å²) in [5.41, 5.74) is 2.35. The first-order chi connectivity index (χ1) is 15.3. The molecule has 0 aliphatic heterocycles. The van der Waals surface area contributed by atoms with E-state index in [0.717, 1.165) is 5.56 Å². The highest BCUT2D eigenvalue weighted by molar-refractivity contribution is 7.80. The summed E-state index contributed by atoms with van der Waals surface area (Å²) in [5.74, 6) is 1.95. The van der Waals surface area contributed by atoms with E-state index >= 15 is 0 Å². The minimum Gasteiger partial charge on any atom is -0.789 e. The van der Waals surface area contributed by atoms with Crippen molar-refractivity contribution in [3.63, 3.8) is 0 Å². The summed E-state index contributed by atoms with van der Waals surface area (Å²) in [7, 11) is -1.35. The number of carbonyl (C=O) groups is 1. The lowest BCUT2D eigenvalue weighted by atomic mass is 10.1. The molecule has 1 heterocycles. The van der Waals surface area contributed by atoms with E-state index in [-0.39, 0.29) is 12.3 Å². The molecule has 1 unspecified atom stereocenters. The highest BCUT2D eigenvalue weighted by atomic mass is 32.2. The van der Waals surface area contributed by atoms with Crippen LogP contribution in [0.1, 0.15) is 12.5 Å². The molecule has 2 atom stereocenters. The van der Waals surface area contributed by atoms with Crippen LogP contribution in [0.15, 0.2) is 41.0 Å². The molecule has 1 aromatic heterocycles. The average Bonchev–Trinajstić information content (AvgIpc) is 2.73. The number of fused-ring (bicyclic) bond motifs is 1. The number of aromatic nitrogens is 2. The van der Waals surface area contributed by atoms with Crippen molar-refractivity contribution in [2.75, 3.05) is 18.1 Å². The van der Waals surface area contributed by atoms with Crippen LogP contribution in [0.4, 0.5) is 21.6 Å². The fourth-order valence-electron chi connectivity index (χ4n) is 3.02. The first-order valence-corrected chi connectivity index (χ1v) is 11.0. The molecule has 0 aliphatic rings. The minimum atomic E-state index is -1.35. The van der Waals surface area contributed by atoms with Gasteiger partial charge in [-0.05, 0) is 49.9 Å². The second-order valence-electron chi connectivity index (χ2n) is 6.84. The third-order valence-corrected chi connectivity index (χ3v) is 4.86. The fourth-order valence-corrected chi connectivity index (χ4v) is 3.42. The Labute approximate surface area is 187 Å². The summed E-state index contributed by atoms with van der Waals surface area (Å²) in [6.45, 7) is 3.45. The molecule has 2 aromatic carbocycles. The van der Waals surface area contributed by atoms with Crippen molar-refractivity contribution in [1.29, 1.82) is 0 Å². The van der Waals surface area contributed by atoms with Crippen LogP contribution in [0.5, 0.6) is 5.75 Å². The smallest absolute Gasteiger partial charge is 0.261 e. The van der Waals surface area contributed by atoms with Crippen LogP contribution in [0, 0.1) is 25.1 Å². The van der Waals surface area contributed by atoms with Gasteiger partial charge in [0.1, 0.15) is 23.7 Å². The number of amides is 1. The molecule has 0 bridgehead atoms. The second-order valence-corrected chi connectivity index (χ2v) is 7.87. The molecule has 10 heteroatoms. The van der Waals surface area contributed by atoms with E-state index in [1.807, 2.05) is 6.92 Å². The molecule has 0 saturated carbocycles. The van der Waals surface area contributed by atoms with Gasteiger partial charge in [0.2, 0.25) is 0 Å². The van der Waals surface area contributed by atoms with Gasteiger partial charge in [0.25, 0.3) is 5.91 Å². The molecule has 8 nitrogen and oxygen atoms in total. The summed E-state index contributed by atoms with van der Waals surface area (Å²) in [6.07, 6.45) is 7.10. The molecule has 32 heavy (non-hydrogen) atoms. The maximum absolute atomic E-state index is 13.9. The Bertz CT molecular complexity index is 1240. The zero-order chi connectivity index (χ0) is 23.3. The second kappa shape index (κ2) is 10.2. The van der Waals surface area contributed by atoms with Gasteiger partial charge in [0, 0.05) is 11.5 Å². The van der Waals surface area contributed by atoms with E-state index in [9.17, 15) is 13.7 Å². The van der Waals surface area contributed by atoms with Crippen LogP contribution < -0.4 is 15.4 Å². The maximum atomic E-state index is 13.9. The SMILES string of the molecule is C#CCNC(=O)[C@@H](C)Oc1cc(F)ccc1Nc1ncnc2cc(N=S(C)[O-])cc(C)c12.